The first-order valence-corrected chi connectivity index (χ1v) is 8.49. The number of anilines is 1. The van der Waals surface area contributed by atoms with Crippen LogP contribution in [-0.4, -0.2) is 34.4 Å². The largest absolute Gasteiger partial charge is 0.325 e. The van der Waals surface area contributed by atoms with E-state index in [0.717, 1.165) is 36.5 Å². The summed E-state index contributed by atoms with van der Waals surface area (Å²) in [5.74, 6) is 0.0111. The fraction of sp³-hybridized carbons (Fsp3) is 0.421. The highest BCUT2D eigenvalue weighted by molar-refractivity contribution is 5.90. The summed E-state index contributed by atoms with van der Waals surface area (Å²) < 4.78 is 0. The summed E-state index contributed by atoms with van der Waals surface area (Å²) in [6.07, 6.45) is 6.91. The third-order valence-electron chi connectivity index (χ3n) is 4.48. The molecule has 5 heteroatoms. The van der Waals surface area contributed by atoms with Gasteiger partial charge in [0, 0.05) is 18.3 Å². The van der Waals surface area contributed by atoms with E-state index >= 15 is 0 Å². The average molecular weight is 324 g/mol. The van der Waals surface area contributed by atoms with Gasteiger partial charge in [0.05, 0.1) is 23.6 Å². The first kappa shape index (κ1) is 16.6. The van der Waals surface area contributed by atoms with Crippen molar-refractivity contribution in [2.75, 3.05) is 18.9 Å². The maximum absolute atomic E-state index is 12.1. The molecule has 0 saturated carbocycles. The summed E-state index contributed by atoms with van der Waals surface area (Å²) in [6, 6.07) is 8.31. The van der Waals surface area contributed by atoms with Crippen molar-refractivity contribution in [3.05, 3.63) is 53.6 Å². The molecule has 2 aromatic rings. The van der Waals surface area contributed by atoms with E-state index in [-0.39, 0.29) is 5.91 Å². The van der Waals surface area contributed by atoms with Gasteiger partial charge in [-0.1, -0.05) is 0 Å². The number of hydrogen-bond donors (Lipinski definition) is 1. The molecule has 1 amide bonds. The number of aromatic nitrogens is 2. The minimum atomic E-state index is 0.0111. The van der Waals surface area contributed by atoms with Gasteiger partial charge in [-0.25, -0.2) is 0 Å². The number of nitrogens with one attached hydrogen (secondary N) is 1. The number of hydrogen-bond acceptors (Lipinski definition) is 4. The minimum absolute atomic E-state index is 0.0111. The second kappa shape index (κ2) is 7.53. The molecule has 3 rings (SSSR count). The molecule has 0 aliphatic carbocycles. The van der Waals surface area contributed by atoms with E-state index in [1.54, 1.807) is 12.4 Å². The highest BCUT2D eigenvalue weighted by atomic mass is 16.1. The summed E-state index contributed by atoms with van der Waals surface area (Å²) in [7, 11) is 2.16. The number of carbonyl (C=O) groups excluding carboxylic acids is 1. The maximum atomic E-state index is 12.1. The lowest BCUT2D eigenvalue weighted by molar-refractivity contribution is -0.116. The number of rotatable bonds is 5. The fourth-order valence-corrected chi connectivity index (χ4v) is 3.29. The van der Waals surface area contributed by atoms with Crippen molar-refractivity contribution in [3.8, 4) is 0 Å². The Morgan fingerprint density at radius 1 is 1.42 bits per heavy atom. The number of aryl methyl sites for hydroxylation is 2. The third-order valence-corrected chi connectivity index (χ3v) is 4.48. The van der Waals surface area contributed by atoms with Crippen molar-refractivity contribution in [2.24, 2.45) is 0 Å². The fourth-order valence-electron chi connectivity index (χ4n) is 3.29. The highest BCUT2D eigenvalue weighted by Gasteiger charge is 2.24. The van der Waals surface area contributed by atoms with Gasteiger partial charge >= 0.3 is 0 Å². The van der Waals surface area contributed by atoms with Gasteiger partial charge in [-0.15, -0.1) is 0 Å². The van der Waals surface area contributed by atoms with Gasteiger partial charge in [-0.05, 0) is 69.6 Å². The van der Waals surface area contributed by atoms with Crippen LogP contribution in [-0.2, 0) is 11.2 Å². The van der Waals surface area contributed by atoms with Gasteiger partial charge in [-0.3, -0.25) is 19.7 Å². The zero-order valence-corrected chi connectivity index (χ0v) is 14.3. The highest BCUT2D eigenvalue weighted by Crippen LogP contribution is 2.29. The van der Waals surface area contributed by atoms with Crippen LogP contribution >= 0.6 is 0 Å². The second-order valence-electron chi connectivity index (χ2n) is 6.47. The predicted octanol–water partition coefficient (Wildman–Crippen LogP) is 3.12. The van der Waals surface area contributed by atoms with E-state index in [9.17, 15) is 4.79 Å². The Bertz CT molecular complexity index is 702. The summed E-state index contributed by atoms with van der Waals surface area (Å²) in [4.78, 5) is 23.2. The van der Waals surface area contributed by atoms with Crippen LogP contribution in [0.1, 0.15) is 42.3 Å². The van der Waals surface area contributed by atoms with Crippen molar-refractivity contribution in [1.82, 2.24) is 14.9 Å². The van der Waals surface area contributed by atoms with Gasteiger partial charge in [0.15, 0.2) is 0 Å². The molecule has 2 aromatic heterocycles. The lowest BCUT2D eigenvalue weighted by atomic mass is 10.0. The van der Waals surface area contributed by atoms with E-state index in [1.165, 1.54) is 12.0 Å². The molecular formula is C19H24N4O. The van der Waals surface area contributed by atoms with Gasteiger partial charge in [0.2, 0.25) is 5.91 Å². The molecule has 1 fully saturated rings. The number of carbonyl (C=O) groups is 1. The standard InChI is InChI=1S/C19H24N4O/c1-14-11-15(12-17(21-14)18-6-4-10-23(18)2)7-8-19(24)22-16-5-3-9-20-13-16/h3,5,9,11-13,18H,4,6-8,10H2,1-2H3,(H,22,24)/t18-/m1/s1. The molecule has 1 N–H and O–H groups in total. The monoisotopic (exact) mass is 324 g/mol. The quantitative estimate of drug-likeness (QED) is 0.918. The molecule has 5 nitrogen and oxygen atoms in total. The summed E-state index contributed by atoms with van der Waals surface area (Å²) in [6.45, 7) is 3.15. The van der Waals surface area contributed by atoms with Gasteiger partial charge < -0.3 is 5.32 Å². The molecule has 3 heterocycles. The first-order valence-electron chi connectivity index (χ1n) is 8.49. The zero-order chi connectivity index (χ0) is 16.9. The van der Waals surface area contributed by atoms with Gasteiger partial charge in [0.1, 0.15) is 0 Å². The molecule has 0 unspecified atom stereocenters. The van der Waals surface area contributed by atoms with E-state index in [1.807, 2.05) is 19.1 Å². The SMILES string of the molecule is Cc1cc(CCC(=O)Nc2cccnc2)cc([C@H]2CCCN2C)n1. The van der Waals surface area contributed by atoms with Crippen LogP contribution in [0.3, 0.4) is 0 Å². The minimum Gasteiger partial charge on any atom is -0.325 e. The van der Waals surface area contributed by atoms with Crippen LogP contribution in [0.5, 0.6) is 0 Å². The first-order chi connectivity index (χ1) is 11.6. The van der Waals surface area contributed by atoms with Gasteiger partial charge in [0.25, 0.3) is 0 Å². The molecule has 0 radical (unpaired) electrons. The molecular weight excluding hydrogens is 300 g/mol. The number of amides is 1. The molecule has 1 atom stereocenters. The second-order valence-corrected chi connectivity index (χ2v) is 6.47. The van der Waals surface area contributed by atoms with E-state index in [2.05, 4.69) is 34.4 Å². The smallest absolute Gasteiger partial charge is 0.224 e. The zero-order valence-electron chi connectivity index (χ0n) is 14.3. The third kappa shape index (κ3) is 4.17. The average Bonchev–Trinajstić information content (AvgIpc) is 2.99. The molecule has 1 aliphatic heterocycles. The Morgan fingerprint density at radius 3 is 3.00 bits per heavy atom. The molecule has 0 bridgehead atoms. The summed E-state index contributed by atoms with van der Waals surface area (Å²) in [5, 5.41) is 2.88. The van der Waals surface area contributed by atoms with Crippen LogP contribution in [0.2, 0.25) is 0 Å². The van der Waals surface area contributed by atoms with E-state index in [0.29, 0.717) is 12.5 Å². The number of nitrogens with zero attached hydrogens (tertiary/aromatic N) is 3. The Kier molecular flexibility index (Phi) is 5.20. The van der Waals surface area contributed by atoms with Crippen molar-refractivity contribution >= 4 is 11.6 Å². The van der Waals surface area contributed by atoms with Crippen LogP contribution in [0.4, 0.5) is 5.69 Å². The predicted molar refractivity (Wildman–Crippen MR) is 94.8 cm³/mol. The molecule has 1 saturated heterocycles. The van der Waals surface area contributed by atoms with Crippen molar-refractivity contribution in [2.45, 2.75) is 38.6 Å². The van der Waals surface area contributed by atoms with Crippen LogP contribution in [0.15, 0.2) is 36.7 Å². The number of pyridine rings is 2. The normalized spacial score (nSPS) is 17.8. The summed E-state index contributed by atoms with van der Waals surface area (Å²) >= 11 is 0. The maximum Gasteiger partial charge on any atom is 0.224 e. The lowest BCUT2D eigenvalue weighted by Crippen LogP contribution is -2.19. The lowest BCUT2D eigenvalue weighted by Gasteiger charge is -2.20. The molecule has 24 heavy (non-hydrogen) atoms. The molecule has 1 aliphatic rings. The van der Waals surface area contributed by atoms with Crippen LogP contribution in [0, 0.1) is 6.92 Å². The Labute approximate surface area is 143 Å². The van der Waals surface area contributed by atoms with Crippen molar-refractivity contribution < 1.29 is 4.79 Å². The van der Waals surface area contributed by atoms with Crippen molar-refractivity contribution in [1.29, 1.82) is 0 Å². The Balaban J connectivity index is 1.62. The summed E-state index contributed by atoms with van der Waals surface area (Å²) in [5.41, 5.74) is 4.08. The topological polar surface area (TPSA) is 58.1 Å². The van der Waals surface area contributed by atoms with E-state index < -0.39 is 0 Å². The Hall–Kier alpha value is -2.27. The molecule has 0 aromatic carbocycles. The molecule has 0 spiro atoms. The Morgan fingerprint density at radius 2 is 2.29 bits per heavy atom. The molecule has 126 valence electrons. The number of likely N-dealkylation sites (tertiary alicyclic amines) is 1. The van der Waals surface area contributed by atoms with Crippen LogP contribution < -0.4 is 5.32 Å². The van der Waals surface area contributed by atoms with Crippen LogP contribution in [0.25, 0.3) is 0 Å². The van der Waals surface area contributed by atoms with Crippen molar-refractivity contribution in [3.63, 3.8) is 0 Å². The van der Waals surface area contributed by atoms with Gasteiger partial charge in [-0.2, -0.15) is 0 Å². The van der Waals surface area contributed by atoms with E-state index in [4.69, 9.17) is 4.98 Å².